The molecule has 0 aromatic carbocycles. The fraction of sp³-hybridized carbons (Fsp3) is 0.909. The molecule has 4 nitrogen and oxygen atoms in total. The highest BCUT2D eigenvalue weighted by Crippen LogP contribution is 2.03. The van der Waals surface area contributed by atoms with Crippen molar-refractivity contribution in [3.8, 4) is 0 Å². The summed E-state index contributed by atoms with van der Waals surface area (Å²) in [6, 6.07) is 0. The maximum absolute atomic E-state index is 10.8. The molecule has 15 heavy (non-hydrogen) atoms. The van der Waals surface area contributed by atoms with Gasteiger partial charge in [0.1, 0.15) is 0 Å². The Morgan fingerprint density at radius 2 is 1.73 bits per heavy atom. The average Bonchev–Trinajstić information content (AvgIpc) is 2.21. The molecule has 0 aliphatic heterocycles. The molecule has 1 amide bonds. The van der Waals surface area contributed by atoms with E-state index in [0.29, 0.717) is 13.1 Å². The second-order valence-corrected chi connectivity index (χ2v) is 3.83. The van der Waals surface area contributed by atoms with Gasteiger partial charge >= 0.3 is 6.09 Å². The number of rotatable bonds is 9. The average molecular weight is 216 g/mol. The topological polar surface area (TPSA) is 66.6 Å². The van der Waals surface area contributed by atoms with Gasteiger partial charge in [-0.05, 0) is 25.8 Å². The predicted molar refractivity (Wildman–Crippen MR) is 62.0 cm³/mol. The first kappa shape index (κ1) is 14.2. The standard InChI is InChI=1S/C11H24N2O2/c1-2-3-9-13(11(14)15)10-7-5-4-6-8-12/h2-10,12H2,1H3,(H,14,15). The lowest BCUT2D eigenvalue weighted by Gasteiger charge is -2.18. The van der Waals surface area contributed by atoms with Crippen LogP contribution in [0.5, 0.6) is 0 Å². The first-order valence-corrected chi connectivity index (χ1v) is 5.90. The summed E-state index contributed by atoms with van der Waals surface area (Å²) in [5.74, 6) is 0. The lowest BCUT2D eigenvalue weighted by molar-refractivity contribution is 0.143. The minimum absolute atomic E-state index is 0.667. The molecule has 0 aliphatic carbocycles. The molecule has 0 bridgehead atoms. The van der Waals surface area contributed by atoms with E-state index < -0.39 is 6.09 Å². The number of unbranched alkanes of at least 4 members (excludes halogenated alkanes) is 4. The smallest absolute Gasteiger partial charge is 0.407 e. The fourth-order valence-electron chi connectivity index (χ4n) is 1.45. The zero-order valence-electron chi connectivity index (χ0n) is 9.74. The van der Waals surface area contributed by atoms with Crippen LogP contribution >= 0.6 is 0 Å². The van der Waals surface area contributed by atoms with E-state index in [0.717, 1.165) is 45.1 Å². The lowest BCUT2D eigenvalue weighted by atomic mass is 10.2. The van der Waals surface area contributed by atoms with E-state index >= 15 is 0 Å². The number of nitrogens with two attached hydrogens (primary N) is 1. The molecule has 0 radical (unpaired) electrons. The normalized spacial score (nSPS) is 10.3. The Hall–Kier alpha value is -0.770. The molecule has 0 saturated heterocycles. The molecule has 0 spiro atoms. The van der Waals surface area contributed by atoms with Gasteiger partial charge in [0.15, 0.2) is 0 Å². The maximum Gasteiger partial charge on any atom is 0.407 e. The first-order chi connectivity index (χ1) is 7.22. The quantitative estimate of drug-likeness (QED) is 0.581. The van der Waals surface area contributed by atoms with Crippen molar-refractivity contribution in [2.45, 2.75) is 45.4 Å². The van der Waals surface area contributed by atoms with Crippen LogP contribution in [0.25, 0.3) is 0 Å². The van der Waals surface area contributed by atoms with Crippen molar-refractivity contribution in [3.63, 3.8) is 0 Å². The van der Waals surface area contributed by atoms with Gasteiger partial charge in [-0.2, -0.15) is 0 Å². The fourth-order valence-corrected chi connectivity index (χ4v) is 1.45. The number of hydrogen-bond acceptors (Lipinski definition) is 2. The third-order valence-corrected chi connectivity index (χ3v) is 2.43. The summed E-state index contributed by atoms with van der Waals surface area (Å²) in [4.78, 5) is 12.4. The molecule has 0 aromatic heterocycles. The van der Waals surface area contributed by atoms with E-state index in [-0.39, 0.29) is 0 Å². The van der Waals surface area contributed by atoms with E-state index in [2.05, 4.69) is 6.92 Å². The monoisotopic (exact) mass is 216 g/mol. The zero-order chi connectivity index (χ0) is 11.5. The molecule has 0 rings (SSSR count). The van der Waals surface area contributed by atoms with Crippen LogP contribution < -0.4 is 5.73 Å². The summed E-state index contributed by atoms with van der Waals surface area (Å²) in [6.45, 7) is 4.14. The first-order valence-electron chi connectivity index (χ1n) is 5.90. The maximum atomic E-state index is 10.8. The van der Waals surface area contributed by atoms with Crippen LogP contribution in [0.4, 0.5) is 4.79 Å². The van der Waals surface area contributed by atoms with Crippen LogP contribution in [0.15, 0.2) is 0 Å². The number of carboxylic acid groups (broad SMARTS) is 1. The van der Waals surface area contributed by atoms with Gasteiger partial charge in [0.2, 0.25) is 0 Å². The third-order valence-electron chi connectivity index (χ3n) is 2.43. The van der Waals surface area contributed by atoms with Crippen LogP contribution in [0.2, 0.25) is 0 Å². The highest BCUT2D eigenvalue weighted by atomic mass is 16.4. The highest BCUT2D eigenvalue weighted by Gasteiger charge is 2.09. The number of nitrogens with zero attached hydrogens (tertiary/aromatic N) is 1. The van der Waals surface area contributed by atoms with Gasteiger partial charge in [-0.15, -0.1) is 0 Å². The van der Waals surface area contributed by atoms with E-state index in [1.54, 1.807) is 0 Å². The van der Waals surface area contributed by atoms with Gasteiger partial charge < -0.3 is 15.7 Å². The Kier molecular flexibility index (Phi) is 9.27. The Morgan fingerprint density at radius 1 is 1.13 bits per heavy atom. The molecular formula is C11H24N2O2. The Balaban J connectivity index is 3.53. The summed E-state index contributed by atoms with van der Waals surface area (Å²) in [7, 11) is 0. The third kappa shape index (κ3) is 8.24. The minimum atomic E-state index is -0.790. The summed E-state index contributed by atoms with van der Waals surface area (Å²) in [5.41, 5.74) is 5.38. The summed E-state index contributed by atoms with van der Waals surface area (Å²) >= 11 is 0. The van der Waals surface area contributed by atoms with Crippen molar-refractivity contribution in [3.05, 3.63) is 0 Å². The number of carbonyl (C=O) groups is 1. The van der Waals surface area contributed by atoms with Gasteiger partial charge in [0.05, 0.1) is 0 Å². The van der Waals surface area contributed by atoms with E-state index in [4.69, 9.17) is 10.8 Å². The molecule has 90 valence electrons. The Bertz CT molecular complexity index is 163. The summed E-state index contributed by atoms with van der Waals surface area (Å²) in [6.07, 6.45) is 5.39. The number of amides is 1. The zero-order valence-corrected chi connectivity index (χ0v) is 9.74. The second-order valence-electron chi connectivity index (χ2n) is 3.83. The van der Waals surface area contributed by atoms with E-state index in [1.165, 1.54) is 4.90 Å². The van der Waals surface area contributed by atoms with Crippen LogP contribution in [-0.2, 0) is 0 Å². The van der Waals surface area contributed by atoms with Crippen LogP contribution in [-0.4, -0.2) is 35.7 Å². The van der Waals surface area contributed by atoms with Gasteiger partial charge in [-0.3, -0.25) is 0 Å². The van der Waals surface area contributed by atoms with E-state index in [1.807, 2.05) is 0 Å². The van der Waals surface area contributed by atoms with Crippen LogP contribution in [0.1, 0.15) is 45.4 Å². The highest BCUT2D eigenvalue weighted by molar-refractivity contribution is 5.64. The molecule has 0 unspecified atom stereocenters. The van der Waals surface area contributed by atoms with Crippen molar-refractivity contribution < 1.29 is 9.90 Å². The van der Waals surface area contributed by atoms with Crippen LogP contribution in [0.3, 0.4) is 0 Å². The summed E-state index contributed by atoms with van der Waals surface area (Å²) < 4.78 is 0. The molecular weight excluding hydrogens is 192 g/mol. The second kappa shape index (κ2) is 9.77. The van der Waals surface area contributed by atoms with Crippen molar-refractivity contribution in [1.29, 1.82) is 0 Å². The summed E-state index contributed by atoms with van der Waals surface area (Å²) in [5, 5.41) is 8.91. The molecule has 0 aromatic rings. The molecule has 0 heterocycles. The molecule has 0 aliphatic rings. The van der Waals surface area contributed by atoms with Crippen molar-refractivity contribution in [2.75, 3.05) is 19.6 Å². The number of hydrogen-bond donors (Lipinski definition) is 2. The Labute approximate surface area is 92.4 Å². The molecule has 0 atom stereocenters. The molecule has 0 fully saturated rings. The van der Waals surface area contributed by atoms with Crippen molar-refractivity contribution in [1.82, 2.24) is 4.90 Å². The molecule has 4 heteroatoms. The van der Waals surface area contributed by atoms with Crippen molar-refractivity contribution >= 4 is 6.09 Å². The lowest BCUT2D eigenvalue weighted by Crippen LogP contribution is -2.31. The van der Waals surface area contributed by atoms with Gasteiger partial charge in [-0.25, -0.2) is 4.79 Å². The molecule has 0 saturated carbocycles. The van der Waals surface area contributed by atoms with Gasteiger partial charge in [0.25, 0.3) is 0 Å². The van der Waals surface area contributed by atoms with Crippen LogP contribution in [0, 0.1) is 0 Å². The van der Waals surface area contributed by atoms with E-state index in [9.17, 15) is 4.79 Å². The SMILES string of the molecule is CCCCN(CCCCCCN)C(=O)O. The Morgan fingerprint density at radius 3 is 2.27 bits per heavy atom. The van der Waals surface area contributed by atoms with Gasteiger partial charge in [0, 0.05) is 13.1 Å². The van der Waals surface area contributed by atoms with Crippen molar-refractivity contribution in [2.24, 2.45) is 5.73 Å². The largest absolute Gasteiger partial charge is 0.465 e. The molecule has 3 N–H and O–H groups in total. The minimum Gasteiger partial charge on any atom is -0.465 e. The predicted octanol–water partition coefficient (Wildman–Crippen LogP) is 2.29. The van der Waals surface area contributed by atoms with Gasteiger partial charge in [-0.1, -0.05) is 26.2 Å².